The van der Waals surface area contributed by atoms with Crippen molar-refractivity contribution in [1.82, 2.24) is 5.32 Å². The van der Waals surface area contributed by atoms with E-state index in [1.807, 2.05) is 26.0 Å². The Morgan fingerprint density at radius 2 is 2.00 bits per heavy atom. The molecule has 1 aliphatic heterocycles. The number of hydrogen-bond donors (Lipinski definition) is 1. The highest BCUT2D eigenvalue weighted by Gasteiger charge is 2.36. The summed E-state index contributed by atoms with van der Waals surface area (Å²) < 4.78 is 42.6. The molecule has 0 amide bonds. The molecule has 1 aromatic rings. The second-order valence-corrected chi connectivity index (χ2v) is 5.15. The molecule has 1 aromatic carbocycles. The van der Waals surface area contributed by atoms with E-state index in [0.29, 0.717) is 12.2 Å². The molecule has 0 fully saturated rings. The second-order valence-electron chi connectivity index (χ2n) is 5.15. The van der Waals surface area contributed by atoms with Crippen molar-refractivity contribution >= 4 is 0 Å². The molecule has 0 saturated heterocycles. The zero-order valence-corrected chi connectivity index (χ0v) is 10.3. The van der Waals surface area contributed by atoms with Crippen molar-refractivity contribution in [2.24, 2.45) is 0 Å². The molecule has 1 atom stereocenters. The van der Waals surface area contributed by atoms with Crippen molar-refractivity contribution in [2.45, 2.75) is 38.1 Å². The molecule has 0 bridgehead atoms. The Morgan fingerprint density at radius 3 is 2.67 bits per heavy atom. The summed E-state index contributed by atoms with van der Waals surface area (Å²) in [5, 5.41) is 2.57. The van der Waals surface area contributed by atoms with Crippen molar-refractivity contribution in [3.63, 3.8) is 0 Å². The molecule has 0 aliphatic carbocycles. The van der Waals surface area contributed by atoms with E-state index in [1.165, 1.54) is 0 Å². The number of hydrogen-bond acceptors (Lipinski definition) is 2. The minimum atomic E-state index is -4.20. The van der Waals surface area contributed by atoms with E-state index in [4.69, 9.17) is 4.74 Å². The van der Waals surface area contributed by atoms with Gasteiger partial charge in [-0.1, -0.05) is 18.2 Å². The fraction of sp³-hybridized carbons (Fsp3) is 0.538. The van der Waals surface area contributed by atoms with Gasteiger partial charge >= 0.3 is 6.18 Å². The summed E-state index contributed by atoms with van der Waals surface area (Å²) in [5.74, 6) is 0.661. The molecule has 0 saturated carbocycles. The number of benzene rings is 1. The van der Waals surface area contributed by atoms with Crippen molar-refractivity contribution in [2.75, 3.05) is 6.54 Å². The smallest absolute Gasteiger partial charge is 0.401 e. The lowest BCUT2D eigenvalue weighted by atomic mass is 9.90. The van der Waals surface area contributed by atoms with Crippen molar-refractivity contribution in [3.05, 3.63) is 29.8 Å². The predicted octanol–water partition coefficient (Wildman–Crippen LogP) is 3.44. The first-order valence-corrected chi connectivity index (χ1v) is 5.85. The molecule has 1 N–H and O–H groups in total. The van der Waals surface area contributed by atoms with Gasteiger partial charge in [-0.05, 0) is 19.9 Å². The van der Waals surface area contributed by atoms with Gasteiger partial charge in [-0.3, -0.25) is 0 Å². The highest BCUT2D eigenvalue weighted by Crippen LogP contribution is 2.39. The molecule has 0 radical (unpaired) electrons. The average molecular weight is 259 g/mol. The average Bonchev–Trinajstić information content (AvgIpc) is 2.23. The lowest BCUT2D eigenvalue weighted by Crippen LogP contribution is -2.41. The summed E-state index contributed by atoms with van der Waals surface area (Å²) in [5.41, 5.74) is 0.332. The van der Waals surface area contributed by atoms with E-state index >= 15 is 0 Å². The molecule has 1 aliphatic rings. The van der Waals surface area contributed by atoms with E-state index in [-0.39, 0.29) is 6.04 Å². The third kappa shape index (κ3) is 3.16. The van der Waals surface area contributed by atoms with Gasteiger partial charge in [0.1, 0.15) is 11.4 Å². The molecule has 2 nitrogen and oxygen atoms in total. The van der Waals surface area contributed by atoms with E-state index < -0.39 is 18.3 Å². The summed E-state index contributed by atoms with van der Waals surface area (Å²) >= 11 is 0. The van der Waals surface area contributed by atoms with Crippen LogP contribution in [0.2, 0.25) is 0 Å². The molecule has 100 valence electrons. The SMILES string of the molecule is CC1(C)CC(NCC(F)(F)F)c2ccccc2O1. The number of para-hydroxylation sites is 1. The summed E-state index contributed by atoms with van der Waals surface area (Å²) in [4.78, 5) is 0. The molecule has 0 aromatic heterocycles. The number of alkyl halides is 3. The van der Waals surface area contributed by atoms with Crippen LogP contribution in [0.5, 0.6) is 5.75 Å². The normalized spacial score (nSPS) is 22.2. The van der Waals surface area contributed by atoms with E-state index in [9.17, 15) is 13.2 Å². The maximum Gasteiger partial charge on any atom is 0.401 e. The Labute approximate surface area is 104 Å². The van der Waals surface area contributed by atoms with Gasteiger partial charge in [0.05, 0.1) is 6.54 Å². The van der Waals surface area contributed by atoms with Crippen molar-refractivity contribution in [1.29, 1.82) is 0 Å². The van der Waals surface area contributed by atoms with E-state index in [1.54, 1.807) is 12.1 Å². The third-order valence-corrected chi connectivity index (χ3v) is 2.93. The fourth-order valence-electron chi connectivity index (χ4n) is 2.22. The minimum absolute atomic E-state index is 0.327. The van der Waals surface area contributed by atoms with Gasteiger partial charge < -0.3 is 10.1 Å². The Morgan fingerprint density at radius 1 is 1.33 bits per heavy atom. The van der Waals surface area contributed by atoms with Crippen LogP contribution < -0.4 is 10.1 Å². The summed E-state index contributed by atoms with van der Waals surface area (Å²) in [6, 6.07) is 6.90. The molecule has 2 rings (SSSR count). The largest absolute Gasteiger partial charge is 0.487 e. The van der Waals surface area contributed by atoms with E-state index in [0.717, 1.165) is 5.56 Å². The highest BCUT2D eigenvalue weighted by atomic mass is 19.4. The van der Waals surface area contributed by atoms with Crippen molar-refractivity contribution in [3.8, 4) is 5.75 Å². The predicted molar refractivity (Wildman–Crippen MR) is 62.6 cm³/mol. The Balaban J connectivity index is 2.19. The Bertz CT molecular complexity index is 428. The number of nitrogens with one attached hydrogen (secondary N) is 1. The molecular weight excluding hydrogens is 243 g/mol. The minimum Gasteiger partial charge on any atom is -0.487 e. The van der Waals surface area contributed by atoms with E-state index in [2.05, 4.69) is 5.32 Å². The lowest BCUT2D eigenvalue weighted by Gasteiger charge is -2.38. The fourth-order valence-corrected chi connectivity index (χ4v) is 2.22. The first kappa shape index (κ1) is 13.2. The molecule has 18 heavy (non-hydrogen) atoms. The van der Waals surface area contributed by atoms with Gasteiger partial charge in [0.2, 0.25) is 0 Å². The second kappa shape index (κ2) is 4.46. The van der Waals surface area contributed by atoms with Crippen LogP contribution in [0.1, 0.15) is 31.9 Å². The number of fused-ring (bicyclic) bond motifs is 1. The maximum absolute atomic E-state index is 12.3. The first-order chi connectivity index (χ1) is 8.27. The summed E-state index contributed by atoms with van der Waals surface area (Å²) in [7, 11) is 0. The zero-order valence-electron chi connectivity index (χ0n) is 10.3. The number of ether oxygens (including phenoxy) is 1. The van der Waals surface area contributed by atoms with Gasteiger partial charge in [-0.15, -0.1) is 0 Å². The third-order valence-electron chi connectivity index (χ3n) is 2.93. The Hall–Kier alpha value is -1.23. The van der Waals surface area contributed by atoms with Crippen molar-refractivity contribution < 1.29 is 17.9 Å². The monoisotopic (exact) mass is 259 g/mol. The van der Waals surface area contributed by atoms with Crippen LogP contribution in [-0.2, 0) is 0 Å². The van der Waals surface area contributed by atoms with Gasteiger partial charge in [0, 0.05) is 18.0 Å². The maximum atomic E-state index is 12.3. The van der Waals surface area contributed by atoms with Crippen LogP contribution in [0.15, 0.2) is 24.3 Å². The van der Waals surface area contributed by atoms with Gasteiger partial charge in [0.25, 0.3) is 0 Å². The van der Waals surface area contributed by atoms with Gasteiger partial charge in [-0.25, -0.2) is 0 Å². The van der Waals surface area contributed by atoms with Crippen LogP contribution in [0.4, 0.5) is 13.2 Å². The summed E-state index contributed by atoms with van der Waals surface area (Å²) in [6.07, 6.45) is -3.68. The lowest BCUT2D eigenvalue weighted by molar-refractivity contribution is -0.127. The Kier molecular flexibility index (Phi) is 3.27. The van der Waals surface area contributed by atoms with Crippen LogP contribution in [0.3, 0.4) is 0 Å². The molecule has 1 unspecified atom stereocenters. The molecule has 0 spiro atoms. The van der Waals surface area contributed by atoms with Crippen LogP contribution in [0, 0.1) is 0 Å². The summed E-state index contributed by atoms with van der Waals surface area (Å²) in [6.45, 7) is 2.78. The quantitative estimate of drug-likeness (QED) is 0.878. The van der Waals surface area contributed by atoms with Crippen LogP contribution >= 0.6 is 0 Å². The highest BCUT2D eigenvalue weighted by molar-refractivity contribution is 5.38. The number of halogens is 3. The zero-order chi connectivity index (χ0) is 13.4. The first-order valence-electron chi connectivity index (χ1n) is 5.85. The topological polar surface area (TPSA) is 21.3 Å². The molecule has 5 heteroatoms. The van der Waals surface area contributed by atoms with Crippen LogP contribution in [-0.4, -0.2) is 18.3 Å². The molecule has 1 heterocycles. The standard InChI is InChI=1S/C13H16F3NO/c1-12(2)7-10(17-8-13(14,15)16)9-5-3-4-6-11(9)18-12/h3-6,10,17H,7-8H2,1-2H3. The van der Waals surface area contributed by atoms with Gasteiger partial charge in [-0.2, -0.15) is 13.2 Å². The van der Waals surface area contributed by atoms with Crippen LogP contribution in [0.25, 0.3) is 0 Å². The van der Waals surface area contributed by atoms with Gasteiger partial charge in [0.15, 0.2) is 0 Å². The molecular formula is C13H16F3NO. The number of rotatable bonds is 2.